The smallest absolute Gasteiger partial charge is 0.314 e. The van der Waals surface area contributed by atoms with E-state index in [1.165, 1.54) is 5.06 Å². The summed E-state index contributed by atoms with van der Waals surface area (Å²) in [4.78, 5) is 51.2. The van der Waals surface area contributed by atoms with E-state index in [9.17, 15) is 31.9 Å². The largest absolute Gasteiger partial charge is 0.420 e. The van der Waals surface area contributed by atoms with Crippen molar-refractivity contribution in [2.24, 2.45) is 10.7 Å². The zero-order valence-corrected chi connectivity index (χ0v) is 39.5. The molecule has 0 unspecified atom stereocenters. The lowest BCUT2D eigenvalue weighted by Gasteiger charge is -2.22. The summed E-state index contributed by atoms with van der Waals surface area (Å²) in [5.74, 6) is -9.55. The molecule has 3 amide bonds. The lowest BCUT2D eigenvalue weighted by atomic mass is 10.1. The van der Waals surface area contributed by atoms with E-state index in [2.05, 4.69) is 25.3 Å². The third-order valence-corrected chi connectivity index (χ3v) is 8.98. The predicted molar refractivity (Wildman–Crippen MR) is 242 cm³/mol. The van der Waals surface area contributed by atoms with Gasteiger partial charge in [0.25, 0.3) is 5.91 Å². The van der Waals surface area contributed by atoms with Crippen LogP contribution in [0.3, 0.4) is 0 Å². The summed E-state index contributed by atoms with van der Waals surface area (Å²) in [5.41, 5.74) is 7.81. The molecule has 0 saturated heterocycles. The highest BCUT2D eigenvalue weighted by Crippen LogP contribution is 2.27. The predicted octanol–water partition coefficient (Wildman–Crippen LogP) is 3.04. The number of amides is 3. The molecule has 2 heterocycles. The van der Waals surface area contributed by atoms with Gasteiger partial charge in [0, 0.05) is 49.5 Å². The van der Waals surface area contributed by atoms with E-state index < -0.39 is 41.4 Å². The highest BCUT2D eigenvalue weighted by atomic mass is 19.2. The highest BCUT2D eigenvalue weighted by molar-refractivity contribution is 6.05. The number of pyridine rings is 1. The molecule has 0 bridgehead atoms. The van der Waals surface area contributed by atoms with Crippen LogP contribution >= 0.6 is 0 Å². The van der Waals surface area contributed by atoms with Crippen LogP contribution in [0.25, 0.3) is 6.08 Å². The number of ether oxygens (including phenoxy) is 11. The molecule has 1 aromatic carbocycles. The summed E-state index contributed by atoms with van der Waals surface area (Å²) >= 11 is 0. The number of carbonyl (C=O) groups is 3. The first-order valence-corrected chi connectivity index (χ1v) is 22.9. The molecule has 1 aliphatic rings. The number of rotatable bonds is 41. The minimum absolute atomic E-state index is 0.0132. The number of urea groups is 1. The second-order valence-corrected chi connectivity index (χ2v) is 14.5. The highest BCUT2D eigenvalue weighted by Gasteiger charge is 2.24. The van der Waals surface area contributed by atoms with E-state index in [1.54, 1.807) is 24.5 Å². The van der Waals surface area contributed by atoms with Gasteiger partial charge in [0.1, 0.15) is 5.84 Å². The topological polar surface area (TPSA) is 241 Å². The molecule has 0 fully saturated rings. The van der Waals surface area contributed by atoms with E-state index in [1.807, 2.05) is 6.92 Å². The Morgan fingerprint density at radius 2 is 1.09 bits per heavy atom. The Morgan fingerprint density at radius 1 is 0.643 bits per heavy atom. The van der Waals surface area contributed by atoms with Crippen LogP contribution in [0.5, 0.6) is 5.75 Å². The summed E-state index contributed by atoms with van der Waals surface area (Å²) in [7, 11) is 0. The van der Waals surface area contributed by atoms with Crippen LogP contribution in [0.1, 0.15) is 31.7 Å². The number of aromatic nitrogens is 1. The van der Waals surface area contributed by atoms with Crippen molar-refractivity contribution in [3.63, 3.8) is 0 Å². The van der Waals surface area contributed by atoms with E-state index in [4.69, 9.17) is 57.9 Å². The number of esters is 1. The number of amidine groups is 1. The number of nitrogens with one attached hydrogen (secondary N) is 2. The van der Waals surface area contributed by atoms with Gasteiger partial charge >= 0.3 is 12.0 Å². The lowest BCUT2D eigenvalue weighted by molar-refractivity contribution is -0.181. The van der Waals surface area contributed by atoms with Crippen LogP contribution < -0.4 is 21.1 Å². The fourth-order valence-electron chi connectivity index (χ4n) is 5.63. The van der Waals surface area contributed by atoms with Crippen molar-refractivity contribution in [3.8, 4) is 5.75 Å². The molecule has 4 N–H and O–H groups in total. The van der Waals surface area contributed by atoms with E-state index in [0.717, 1.165) is 5.56 Å². The van der Waals surface area contributed by atoms with Gasteiger partial charge in [0.2, 0.25) is 17.4 Å². The van der Waals surface area contributed by atoms with Crippen molar-refractivity contribution in [2.75, 3.05) is 158 Å². The molecule has 70 heavy (non-hydrogen) atoms. The molecule has 1 aliphatic heterocycles. The Kier molecular flexibility index (Phi) is 32.1. The summed E-state index contributed by atoms with van der Waals surface area (Å²) in [6.45, 7) is 9.47. The van der Waals surface area contributed by atoms with E-state index in [0.29, 0.717) is 142 Å². The number of hydroxylamine groups is 2. The first-order valence-electron chi connectivity index (χ1n) is 22.9. The maximum Gasteiger partial charge on any atom is 0.314 e. The molecule has 21 nitrogen and oxygen atoms in total. The molecular weight excluding hydrogens is 941 g/mol. The monoisotopic (exact) mass is 1010 g/mol. The number of aliphatic imine (C=N–C) groups is 1. The first-order chi connectivity index (χ1) is 34.1. The van der Waals surface area contributed by atoms with Crippen LogP contribution in [-0.2, 0) is 61.8 Å². The molecule has 25 heteroatoms. The molecule has 0 aliphatic carbocycles. The van der Waals surface area contributed by atoms with Crippen molar-refractivity contribution in [1.29, 1.82) is 0 Å². The molecule has 0 atom stereocenters. The van der Waals surface area contributed by atoms with E-state index >= 15 is 0 Å². The zero-order valence-electron chi connectivity index (χ0n) is 39.5. The minimum Gasteiger partial charge on any atom is -0.420 e. The summed E-state index contributed by atoms with van der Waals surface area (Å²) in [5, 5.41) is 6.67. The fraction of sp³-hybridized carbons (Fsp3) is 0.622. The van der Waals surface area contributed by atoms with Crippen molar-refractivity contribution >= 4 is 35.5 Å². The van der Waals surface area contributed by atoms with Gasteiger partial charge in [0.15, 0.2) is 11.6 Å². The van der Waals surface area contributed by atoms with Crippen LogP contribution in [0, 0.1) is 23.3 Å². The number of hydrogen-bond donors (Lipinski definition) is 3. The third-order valence-electron chi connectivity index (χ3n) is 8.98. The maximum absolute atomic E-state index is 13.6. The average molecular weight is 1010 g/mol. The van der Waals surface area contributed by atoms with Crippen molar-refractivity contribution in [2.45, 2.75) is 26.2 Å². The second-order valence-electron chi connectivity index (χ2n) is 14.5. The van der Waals surface area contributed by atoms with Crippen molar-refractivity contribution in [1.82, 2.24) is 20.7 Å². The Labute approximate surface area is 404 Å². The Bertz CT molecular complexity index is 1850. The Morgan fingerprint density at radius 3 is 1.56 bits per heavy atom. The van der Waals surface area contributed by atoms with E-state index in [-0.39, 0.29) is 64.0 Å². The fourth-order valence-corrected chi connectivity index (χ4v) is 5.63. The number of benzene rings is 1. The maximum atomic E-state index is 13.6. The summed E-state index contributed by atoms with van der Waals surface area (Å²) < 4.78 is 112. The molecule has 0 saturated carbocycles. The van der Waals surface area contributed by atoms with Gasteiger partial charge in [-0.1, -0.05) is 6.92 Å². The molecule has 394 valence electrons. The molecule has 0 spiro atoms. The standard InChI is InChI=1S/C45H66F4N6O15/c1-2-8-55(44(57)35-30-34-3-5-51-33-38(34)54-39(50)31-35)69-11-7-53-45(58)52-6-10-60-13-15-62-17-19-64-21-23-66-25-27-68-29-28-67-26-24-65-22-20-63-18-16-61-14-12-59-9-4-40(56)70-43-41(48)36(46)32-37(47)42(43)49/h3,5,30,32-33H,2,4,6-29,31H2,1H3,(H2,50,54)(H2,52,53,58). The number of halogens is 4. The van der Waals surface area contributed by atoms with Gasteiger partial charge in [-0.15, -0.1) is 0 Å². The van der Waals surface area contributed by atoms with Gasteiger partial charge in [-0.25, -0.2) is 23.6 Å². The number of hydrogen-bond acceptors (Lipinski definition) is 18. The van der Waals surface area contributed by atoms with Gasteiger partial charge < -0.3 is 68.5 Å². The minimum atomic E-state index is -1.80. The van der Waals surface area contributed by atoms with Gasteiger partial charge in [-0.3, -0.25) is 19.4 Å². The number of fused-ring (bicyclic) bond motifs is 1. The summed E-state index contributed by atoms with van der Waals surface area (Å²) in [6.07, 6.45) is 5.40. The van der Waals surface area contributed by atoms with Gasteiger partial charge in [0.05, 0.1) is 157 Å². The molecule has 3 rings (SSSR count). The Balaban J connectivity index is 0.971. The quantitative estimate of drug-likeness (QED) is 0.0217. The molecular formula is C45H66F4N6O15. The van der Waals surface area contributed by atoms with Crippen LogP contribution in [0.4, 0.5) is 28.0 Å². The van der Waals surface area contributed by atoms with Crippen molar-refractivity contribution < 1.29 is 88.9 Å². The normalized spacial score (nSPS) is 12.2. The third kappa shape index (κ3) is 26.3. The first kappa shape index (κ1) is 59.4. The van der Waals surface area contributed by atoms with Gasteiger partial charge in [-0.05, 0) is 18.6 Å². The second kappa shape index (κ2) is 37.8. The van der Waals surface area contributed by atoms with Crippen molar-refractivity contribution in [3.05, 3.63) is 58.9 Å². The molecule has 0 radical (unpaired) electrons. The molecule has 1 aromatic heterocycles. The van der Waals surface area contributed by atoms with Crippen LogP contribution in [-0.4, -0.2) is 192 Å². The SMILES string of the molecule is CCCN(OCCNC(=O)NCCOCCOCCOCCOCCOCCOCCOCCOCCOCCOCCC(=O)Oc1c(F)c(F)cc(F)c1F)C(=O)C1=Cc2ccncc2N=C(N)C1. The average Bonchev–Trinajstić information content (AvgIpc) is 3.52. The number of nitrogens with two attached hydrogens (primary N) is 1. The molecule has 2 aromatic rings. The lowest BCUT2D eigenvalue weighted by Crippen LogP contribution is -2.41. The van der Waals surface area contributed by atoms with Crippen LogP contribution in [0.15, 0.2) is 35.1 Å². The number of nitrogens with zero attached hydrogens (tertiary/aromatic N) is 3. The van der Waals surface area contributed by atoms with Gasteiger partial charge in [-0.2, -0.15) is 8.78 Å². The zero-order chi connectivity index (χ0) is 50.4. The summed E-state index contributed by atoms with van der Waals surface area (Å²) in [6, 6.07) is 1.39. The Hall–Kier alpha value is -4.93. The number of carbonyl (C=O) groups excluding carboxylic acids is 3. The van der Waals surface area contributed by atoms with Crippen LogP contribution in [0.2, 0.25) is 0 Å².